The molecule has 0 aromatic heterocycles. The molecule has 0 spiro atoms. The van der Waals surface area contributed by atoms with Gasteiger partial charge in [-0.3, -0.25) is 0 Å². The Morgan fingerprint density at radius 2 is 1.65 bits per heavy atom. The van der Waals surface area contributed by atoms with Gasteiger partial charge in [0.1, 0.15) is 0 Å². The predicted octanol–water partition coefficient (Wildman–Crippen LogP) is 1.95. The average molecular weight is 256 g/mol. The summed E-state index contributed by atoms with van der Waals surface area (Å²) in [4.78, 5) is 0. The van der Waals surface area contributed by atoms with Crippen molar-refractivity contribution in [1.82, 2.24) is 0 Å². The van der Waals surface area contributed by atoms with Crippen LogP contribution in [0.25, 0.3) is 0 Å². The summed E-state index contributed by atoms with van der Waals surface area (Å²) in [6, 6.07) is 10.4. The standard InChI is InChI=1S/C13H20O3S/c14-6-7-15-8-9-16-10-11-17-12-13-4-2-1-3-5-13/h1-5,14H,6-12H2. The third-order valence-electron chi connectivity index (χ3n) is 2.09. The normalized spacial score (nSPS) is 10.6. The maximum atomic E-state index is 8.48. The molecule has 0 fully saturated rings. The number of ether oxygens (including phenoxy) is 2. The molecule has 0 heterocycles. The van der Waals surface area contributed by atoms with Crippen molar-refractivity contribution in [3.05, 3.63) is 35.9 Å². The van der Waals surface area contributed by atoms with E-state index in [4.69, 9.17) is 14.6 Å². The first-order chi connectivity index (χ1) is 8.43. The summed E-state index contributed by atoms with van der Waals surface area (Å²) in [6.07, 6.45) is 0. The van der Waals surface area contributed by atoms with Gasteiger partial charge in [-0.1, -0.05) is 30.3 Å². The SMILES string of the molecule is OCCOCCOCCSCc1ccccc1. The van der Waals surface area contributed by atoms with Crippen LogP contribution in [0.5, 0.6) is 0 Å². The van der Waals surface area contributed by atoms with Crippen LogP contribution in [-0.4, -0.2) is 43.9 Å². The van der Waals surface area contributed by atoms with Gasteiger partial charge < -0.3 is 14.6 Å². The molecule has 0 bridgehead atoms. The van der Waals surface area contributed by atoms with Crippen LogP contribution in [0.2, 0.25) is 0 Å². The molecule has 1 aromatic rings. The van der Waals surface area contributed by atoms with E-state index in [-0.39, 0.29) is 6.61 Å². The van der Waals surface area contributed by atoms with Crippen molar-refractivity contribution in [2.24, 2.45) is 0 Å². The van der Waals surface area contributed by atoms with Crippen molar-refractivity contribution < 1.29 is 14.6 Å². The molecule has 0 saturated heterocycles. The van der Waals surface area contributed by atoms with Gasteiger partial charge in [-0.25, -0.2) is 0 Å². The molecule has 0 amide bonds. The summed E-state index contributed by atoms with van der Waals surface area (Å²) in [5.41, 5.74) is 1.35. The zero-order chi connectivity index (χ0) is 12.2. The van der Waals surface area contributed by atoms with E-state index in [0.717, 1.165) is 18.1 Å². The zero-order valence-corrected chi connectivity index (χ0v) is 10.8. The van der Waals surface area contributed by atoms with Crippen LogP contribution in [-0.2, 0) is 15.2 Å². The number of hydrogen-bond donors (Lipinski definition) is 1. The largest absolute Gasteiger partial charge is 0.394 e. The summed E-state index contributed by atoms with van der Waals surface area (Å²) in [5.74, 6) is 2.03. The molecule has 3 nitrogen and oxygen atoms in total. The predicted molar refractivity (Wildman–Crippen MR) is 71.3 cm³/mol. The first kappa shape index (κ1) is 14.5. The molecule has 1 aromatic carbocycles. The van der Waals surface area contributed by atoms with Gasteiger partial charge >= 0.3 is 0 Å². The lowest BCUT2D eigenvalue weighted by Gasteiger charge is -2.05. The highest BCUT2D eigenvalue weighted by Gasteiger charge is 1.93. The molecular weight excluding hydrogens is 236 g/mol. The fraction of sp³-hybridized carbons (Fsp3) is 0.538. The van der Waals surface area contributed by atoms with Crippen molar-refractivity contribution in [1.29, 1.82) is 0 Å². The van der Waals surface area contributed by atoms with Gasteiger partial charge in [0.05, 0.1) is 33.0 Å². The number of benzene rings is 1. The maximum absolute atomic E-state index is 8.48. The molecule has 0 aliphatic rings. The van der Waals surface area contributed by atoms with Crippen molar-refractivity contribution in [3.8, 4) is 0 Å². The van der Waals surface area contributed by atoms with Crippen molar-refractivity contribution in [2.75, 3.05) is 38.8 Å². The van der Waals surface area contributed by atoms with E-state index >= 15 is 0 Å². The molecule has 0 aliphatic heterocycles. The Hall–Kier alpha value is -0.550. The van der Waals surface area contributed by atoms with Crippen LogP contribution in [0.4, 0.5) is 0 Å². The molecule has 4 heteroatoms. The topological polar surface area (TPSA) is 38.7 Å². The Morgan fingerprint density at radius 1 is 0.941 bits per heavy atom. The minimum atomic E-state index is 0.0763. The zero-order valence-electron chi connectivity index (χ0n) is 10.0. The molecule has 1 rings (SSSR count). The van der Waals surface area contributed by atoms with E-state index in [1.165, 1.54) is 5.56 Å². The Bertz CT molecular complexity index is 267. The van der Waals surface area contributed by atoms with Gasteiger partial charge in [0.2, 0.25) is 0 Å². The molecular formula is C13H20O3S. The van der Waals surface area contributed by atoms with E-state index in [1.54, 1.807) is 0 Å². The number of aliphatic hydroxyl groups is 1. The number of rotatable bonds is 10. The highest BCUT2D eigenvalue weighted by Crippen LogP contribution is 2.10. The monoisotopic (exact) mass is 256 g/mol. The summed E-state index contributed by atoms with van der Waals surface area (Å²) in [5, 5.41) is 8.48. The van der Waals surface area contributed by atoms with Gasteiger partial charge in [0, 0.05) is 11.5 Å². The van der Waals surface area contributed by atoms with Gasteiger partial charge in [0.25, 0.3) is 0 Å². The lowest BCUT2D eigenvalue weighted by Crippen LogP contribution is -2.08. The van der Waals surface area contributed by atoms with Crippen LogP contribution in [0.1, 0.15) is 5.56 Å². The minimum absolute atomic E-state index is 0.0763. The van der Waals surface area contributed by atoms with E-state index in [2.05, 4.69) is 24.3 Å². The summed E-state index contributed by atoms with van der Waals surface area (Å²) in [6.45, 7) is 2.38. The second-order valence-electron chi connectivity index (χ2n) is 3.49. The van der Waals surface area contributed by atoms with Crippen molar-refractivity contribution in [2.45, 2.75) is 5.75 Å². The second-order valence-corrected chi connectivity index (χ2v) is 4.59. The average Bonchev–Trinajstić information content (AvgIpc) is 2.38. The molecule has 96 valence electrons. The van der Waals surface area contributed by atoms with Crippen molar-refractivity contribution in [3.63, 3.8) is 0 Å². The Labute approximate surface area is 107 Å². The molecule has 17 heavy (non-hydrogen) atoms. The first-order valence-electron chi connectivity index (χ1n) is 5.81. The Balaban J connectivity index is 1.85. The number of thioether (sulfide) groups is 1. The highest BCUT2D eigenvalue weighted by molar-refractivity contribution is 7.98. The minimum Gasteiger partial charge on any atom is -0.394 e. The fourth-order valence-corrected chi connectivity index (χ4v) is 2.08. The smallest absolute Gasteiger partial charge is 0.0701 e. The fourth-order valence-electron chi connectivity index (χ4n) is 1.27. The molecule has 0 atom stereocenters. The molecule has 0 radical (unpaired) electrons. The van der Waals surface area contributed by atoms with Gasteiger partial charge in [-0.15, -0.1) is 0 Å². The third kappa shape index (κ3) is 8.21. The van der Waals surface area contributed by atoms with Crippen LogP contribution < -0.4 is 0 Å². The van der Waals surface area contributed by atoms with Crippen molar-refractivity contribution >= 4 is 11.8 Å². The molecule has 0 unspecified atom stereocenters. The first-order valence-corrected chi connectivity index (χ1v) is 6.97. The second kappa shape index (κ2) is 10.6. The van der Waals surface area contributed by atoms with Crippen LogP contribution in [0.3, 0.4) is 0 Å². The molecule has 1 N–H and O–H groups in total. The Kier molecular flexibility index (Phi) is 9.04. The quantitative estimate of drug-likeness (QED) is 0.649. The third-order valence-corrected chi connectivity index (χ3v) is 3.08. The van der Waals surface area contributed by atoms with Gasteiger partial charge in [0.15, 0.2) is 0 Å². The molecule has 0 saturated carbocycles. The number of aliphatic hydroxyl groups excluding tert-OH is 1. The Morgan fingerprint density at radius 3 is 2.35 bits per heavy atom. The van der Waals surface area contributed by atoms with E-state index in [1.807, 2.05) is 17.8 Å². The lowest BCUT2D eigenvalue weighted by molar-refractivity contribution is 0.0377. The van der Waals surface area contributed by atoms with Gasteiger partial charge in [-0.2, -0.15) is 11.8 Å². The lowest BCUT2D eigenvalue weighted by atomic mass is 10.2. The summed E-state index contributed by atoms with van der Waals surface area (Å²) in [7, 11) is 0. The highest BCUT2D eigenvalue weighted by atomic mass is 32.2. The number of hydrogen-bond acceptors (Lipinski definition) is 4. The van der Waals surface area contributed by atoms with Gasteiger partial charge in [-0.05, 0) is 5.56 Å². The van der Waals surface area contributed by atoms with E-state index in [9.17, 15) is 0 Å². The van der Waals surface area contributed by atoms with Crippen LogP contribution in [0.15, 0.2) is 30.3 Å². The van der Waals surface area contributed by atoms with E-state index in [0.29, 0.717) is 19.8 Å². The van der Waals surface area contributed by atoms with E-state index < -0.39 is 0 Å². The summed E-state index contributed by atoms with van der Waals surface area (Å²) < 4.78 is 10.5. The van der Waals surface area contributed by atoms with Crippen LogP contribution in [0, 0.1) is 0 Å². The summed E-state index contributed by atoms with van der Waals surface area (Å²) >= 11 is 1.87. The maximum Gasteiger partial charge on any atom is 0.0701 e. The van der Waals surface area contributed by atoms with Crippen LogP contribution >= 0.6 is 11.8 Å². The molecule has 0 aliphatic carbocycles.